The summed E-state index contributed by atoms with van der Waals surface area (Å²) in [6.07, 6.45) is 3.65. The van der Waals surface area contributed by atoms with E-state index in [2.05, 4.69) is 10.4 Å². The van der Waals surface area contributed by atoms with Crippen molar-refractivity contribution in [2.75, 3.05) is 18.8 Å². The van der Waals surface area contributed by atoms with Crippen LogP contribution in [0.25, 0.3) is 0 Å². The van der Waals surface area contributed by atoms with Crippen LogP contribution in [0.5, 0.6) is 0 Å². The highest BCUT2D eigenvalue weighted by molar-refractivity contribution is 5.30. The zero-order valence-corrected chi connectivity index (χ0v) is 8.66. The smallest absolute Gasteiger partial charge is 0.121 e. The van der Waals surface area contributed by atoms with Crippen LogP contribution in [0.15, 0.2) is 6.07 Å². The summed E-state index contributed by atoms with van der Waals surface area (Å²) in [5.41, 5.74) is 6.85. The number of hydrogen-bond acceptors (Lipinski definition) is 3. The van der Waals surface area contributed by atoms with E-state index in [1.165, 1.54) is 19.4 Å². The molecule has 2 heterocycles. The number of aromatic nitrogens is 2. The zero-order valence-electron chi connectivity index (χ0n) is 8.66. The van der Waals surface area contributed by atoms with E-state index >= 15 is 0 Å². The van der Waals surface area contributed by atoms with Crippen LogP contribution in [0.1, 0.15) is 18.5 Å². The highest BCUT2D eigenvalue weighted by Gasteiger charge is 2.15. The molecule has 0 aliphatic carbocycles. The second kappa shape index (κ2) is 4.00. The van der Waals surface area contributed by atoms with Gasteiger partial charge in [-0.1, -0.05) is 0 Å². The lowest BCUT2D eigenvalue weighted by Gasteiger charge is -2.21. The van der Waals surface area contributed by atoms with Crippen molar-refractivity contribution in [3.63, 3.8) is 0 Å². The number of nitrogen functional groups attached to an aromatic ring is 1. The SMILES string of the molecule is Cn1nc(CC2CCCNC2)cc1N. The van der Waals surface area contributed by atoms with Crippen LogP contribution >= 0.6 is 0 Å². The Kier molecular flexibility index (Phi) is 2.72. The standard InChI is InChI=1S/C10H18N4/c1-14-10(11)6-9(13-14)5-8-3-2-4-12-7-8/h6,8,12H,2-5,7,11H2,1H3. The van der Waals surface area contributed by atoms with Crippen LogP contribution in [-0.2, 0) is 13.5 Å². The van der Waals surface area contributed by atoms with Gasteiger partial charge in [0.1, 0.15) is 5.82 Å². The summed E-state index contributed by atoms with van der Waals surface area (Å²) in [6, 6.07) is 1.98. The van der Waals surface area contributed by atoms with E-state index in [4.69, 9.17) is 5.73 Å². The van der Waals surface area contributed by atoms with Gasteiger partial charge >= 0.3 is 0 Å². The first-order valence-corrected chi connectivity index (χ1v) is 5.25. The van der Waals surface area contributed by atoms with Gasteiger partial charge in [-0.3, -0.25) is 4.68 Å². The van der Waals surface area contributed by atoms with Crippen LogP contribution < -0.4 is 11.1 Å². The monoisotopic (exact) mass is 194 g/mol. The second-order valence-electron chi connectivity index (χ2n) is 4.10. The Balaban J connectivity index is 1.95. The van der Waals surface area contributed by atoms with Gasteiger partial charge in [0.05, 0.1) is 5.69 Å². The number of hydrogen-bond donors (Lipinski definition) is 2. The number of aryl methyl sites for hydroxylation is 1. The third-order valence-corrected chi connectivity index (χ3v) is 2.86. The second-order valence-corrected chi connectivity index (χ2v) is 4.10. The van der Waals surface area contributed by atoms with E-state index in [9.17, 15) is 0 Å². The van der Waals surface area contributed by atoms with E-state index in [0.717, 1.165) is 30.4 Å². The maximum Gasteiger partial charge on any atom is 0.121 e. The van der Waals surface area contributed by atoms with Crippen molar-refractivity contribution in [3.8, 4) is 0 Å². The minimum absolute atomic E-state index is 0.734. The Labute approximate surface area is 84.5 Å². The van der Waals surface area contributed by atoms with Gasteiger partial charge in [-0.05, 0) is 38.3 Å². The molecule has 4 nitrogen and oxygen atoms in total. The molecule has 1 aromatic heterocycles. The average Bonchev–Trinajstić information content (AvgIpc) is 2.47. The number of nitrogens with one attached hydrogen (secondary N) is 1. The van der Waals surface area contributed by atoms with Crippen molar-refractivity contribution in [3.05, 3.63) is 11.8 Å². The van der Waals surface area contributed by atoms with Gasteiger partial charge in [-0.25, -0.2) is 0 Å². The summed E-state index contributed by atoms with van der Waals surface area (Å²) in [5, 5.41) is 7.78. The molecule has 78 valence electrons. The highest BCUT2D eigenvalue weighted by Crippen LogP contribution is 2.16. The molecule has 0 aromatic carbocycles. The van der Waals surface area contributed by atoms with E-state index in [0.29, 0.717) is 0 Å². The molecule has 1 aliphatic heterocycles. The third-order valence-electron chi connectivity index (χ3n) is 2.86. The van der Waals surface area contributed by atoms with Gasteiger partial charge in [0.15, 0.2) is 0 Å². The number of rotatable bonds is 2. The molecule has 1 aromatic rings. The van der Waals surface area contributed by atoms with E-state index in [-0.39, 0.29) is 0 Å². The predicted molar refractivity (Wildman–Crippen MR) is 56.9 cm³/mol. The Bertz CT molecular complexity index is 280. The molecule has 1 saturated heterocycles. The van der Waals surface area contributed by atoms with Crippen molar-refractivity contribution in [1.82, 2.24) is 15.1 Å². The van der Waals surface area contributed by atoms with Crippen LogP contribution in [0.3, 0.4) is 0 Å². The number of nitrogens with two attached hydrogens (primary N) is 1. The molecule has 14 heavy (non-hydrogen) atoms. The normalized spacial score (nSPS) is 22.5. The maximum atomic E-state index is 5.73. The minimum atomic E-state index is 0.734. The molecular formula is C10H18N4. The maximum absolute atomic E-state index is 5.73. The van der Waals surface area contributed by atoms with Gasteiger partial charge in [0.25, 0.3) is 0 Å². The molecule has 1 fully saturated rings. The molecule has 0 amide bonds. The number of piperidine rings is 1. The average molecular weight is 194 g/mol. The van der Waals surface area contributed by atoms with Crippen molar-refractivity contribution in [2.45, 2.75) is 19.3 Å². The number of anilines is 1. The summed E-state index contributed by atoms with van der Waals surface area (Å²) < 4.78 is 1.74. The first-order chi connectivity index (χ1) is 6.75. The molecule has 1 aliphatic rings. The lowest BCUT2D eigenvalue weighted by atomic mass is 9.95. The molecule has 0 saturated carbocycles. The molecule has 0 radical (unpaired) electrons. The quantitative estimate of drug-likeness (QED) is 0.722. The summed E-state index contributed by atoms with van der Waals surface area (Å²) in [4.78, 5) is 0. The van der Waals surface area contributed by atoms with Crippen molar-refractivity contribution >= 4 is 5.82 Å². The summed E-state index contributed by atoms with van der Waals surface area (Å²) in [5.74, 6) is 1.49. The topological polar surface area (TPSA) is 55.9 Å². The Morgan fingerprint density at radius 3 is 3.14 bits per heavy atom. The largest absolute Gasteiger partial charge is 0.384 e. The lowest BCUT2D eigenvalue weighted by Crippen LogP contribution is -2.30. The van der Waals surface area contributed by atoms with Gasteiger partial charge in [-0.15, -0.1) is 0 Å². The fraction of sp³-hybridized carbons (Fsp3) is 0.700. The molecule has 1 atom stereocenters. The zero-order chi connectivity index (χ0) is 9.97. The predicted octanol–water partition coefficient (Wildman–Crippen LogP) is 0.544. The first-order valence-electron chi connectivity index (χ1n) is 5.25. The Morgan fingerprint density at radius 1 is 1.71 bits per heavy atom. The van der Waals surface area contributed by atoms with E-state index in [1.54, 1.807) is 4.68 Å². The lowest BCUT2D eigenvalue weighted by molar-refractivity contribution is 0.373. The Morgan fingerprint density at radius 2 is 2.57 bits per heavy atom. The third kappa shape index (κ3) is 2.07. The fourth-order valence-electron chi connectivity index (χ4n) is 2.04. The summed E-state index contributed by atoms with van der Waals surface area (Å²) in [6.45, 7) is 2.29. The molecule has 1 unspecified atom stereocenters. The van der Waals surface area contributed by atoms with E-state index in [1.807, 2.05) is 13.1 Å². The Hall–Kier alpha value is -1.03. The number of nitrogens with zero attached hydrogens (tertiary/aromatic N) is 2. The van der Waals surface area contributed by atoms with E-state index < -0.39 is 0 Å². The van der Waals surface area contributed by atoms with Crippen LogP contribution in [-0.4, -0.2) is 22.9 Å². The van der Waals surface area contributed by atoms with Gasteiger partial charge in [-0.2, -0.15) is 5.10 Å². The molecule has 0 bridgehead atoms. The van der Waals surface area contributed by atoms with Gasteiger partial charge in [0, 0.05) is 13.1 Å². The van der Waals surface area contributed by atoms with Crippen LogP contribution in [0, 0.1) is 5.92 Å². The minimum Gasteiger partial charge on any atom is -0.384 e. The molecule has 2 rings (SSSR count). The van der Waals surface area contributed by atoms with Crippen LogP contribution in [0.2, 0.25) is 0 Å². The van der Waals surface area contributed by atoms with Gasteiger partial charge in [0.2, 0.25) is 0 Å². The van der Waals surface area contributed by atoms with Crippen molar-refractivity contribution in [1.29, 1.82) is 0 Å². The highest BCUT2D eigenvalue weighted by atomic mass is 15.3. The van der Waals surface area contributed by atoms with Crippen molar-refractivity contribution < 1.29 is 0 Å². The molecular weight excluding hydrogens is 176 g/mol. The molecule has 0 spiro atoms. The fourth-order valence-corrected chi connectivity index (χ4v) is 2.04. The molecule has 4 heteroatoms. The van der Waals surface area contributed by atoms with Crippen LogP contribution in [0.4, 0.5) is 5.82 Å². The summed E-state index contributed by atoms with van der Waals surface area (Å²) in [7, 11) is 1.89. The van der Waals surface area contributed by atoms with Gasteiger partial charge < -0.3 is 11.1 Å². The first kappa shape index (κ1) is 9.52. The van der Waals surface area contributed by atoms with Crippen molar-refractivity contribution in [2.24, 2.45) is 13.0 Å². The molecule has 3 N–H and O–H groups in total. The summed E-state index contributed by atoms with van der Waals surface area (Å²) >= 11 is 0.